The highest BCUT2D eigenvalue weighted by Crippen LogP contribution is 2.09. The molecule has 1 unspecified atom stereocenters. The van der Waals surface area contributed by atoms with E-state index in [0.717, 1.165) is 25.3 Å². The van der Waals surface area contributed by atoms with Gasteiger partial charge in [-0.05, 0) is 31.2 Å². The van der Waals surface area contributed by atoms with E-state index in [2.05, 4.69) is 15.2 Å². The molecule has 6 nitrogen and oxygen atoms in total. The van der Waals surface area contributed by atoms with Crippen LogP contribution in [0.25, 0.3) is 0 Å². The van der Waals surface area contributed by atoms with E-state index in [1.54, 1.807) is 18.3 Å². The molecule has 1 aromatic carbocycles. The molecule has 0 bridgehead atoms. The van der Waals surface area contributed by atoms with Crippen molar-refractivity contribution in [3.05, 3.63) is 66.0 Å². The summed E-state index contributed by atoms with van der Waals surface area (Å²) in [4.78, 5) is 33.3. The van der Waals surface area contributed by atoms with Crippen LogP contribution in [0, 0.1) is 0 Å². The lowest BCUT2D eigenvalue weighted by Crippen LogP contribution is -2.49. The minimum absolute atomic E-state index is 0.0911. The zero-order chi connectivity index (χ0) is 19.1. The van der Waals surface area contributed by atoms with Gasteiger partial charge in [-0.3, -0.25) is 19.5 Å². The summed E-state index contributed by atoms with van der Waals surface area (Å²) in [7, 11) is 0. The van der Waals surface area contributed by atoms with E-state index >= 15 is 0 Å². The van der Waals surface area contributed by atoms with Crippen molar-refractivity contribution in [1.82, 2.24) is 20.1 Å². The maximum absolute atomic E-state index is 12.5. The summed E-state index contributed by atoms with van der Waals surface area (Å²) in [6, 6.07) is 14.8. The maximum Gasteiger partial charge on any atom is 0.251 e. The van der Waals surface area contributed by atoms with Crippen molar-refractivity contribution in [1.29, 1.82) is 0 Å². The van der Waals surface area contributed by atoms with E-state index in [-0.39, 0.29) is 17.9 Å². The first-order valence-electron chi connectivity index (χ1n) is 9.38. The van der Waals surface area contributed by atoms with Crippen molar-refractivity contribution < 1.29 is 9.59 Å². The van der Waals surface area contributed by atoms with Crippen molar-refractivity contribution >= 4 is 11.8 Å². The Hall–Kier alpha value is -2.73. The summed E-state index contributed by atoms with van der Waals surface area (Å²) in [5.41, 5.74) is 1.66. The van der Waals surface area contributed by atoms with Gasteiger partial charge in [-0.1, -0.05) is 24.3 Å². The number of amides is 2. The van der Waals surface area contributed by atoms with Crippen molar-refractivity contribution in [2.24, 2.45) is 0 Å². The van der Waals surface area contributed by atoms with Crippen molar-refractivity contribution in [3.63, 3.8) is 0 Å². The molecule has 6 heteroatoms. The van der Waals surface area contributed by atoms with E-state index in [1.807, 2.05) is 48.2 Å². The second kappa shape index (κ2) is 9.28. The Morgan fingerprint density at radius 1 is 1.04 bits per heavy atom. The number of carbonyl (C=O) groups is 2. The first-order valence-corrected chi connectivity index (χ1v) is 9.38. The van der Waals surface area contributed by atoms with Crippen LogP contribution in [0.15, 0.2) is 54.7 Å². The minimum atomic E-state index is -0.197. The van der Waals surface area contributed by atoms with Gasteiger partial charge < -0.3 is 10.2 Å². The highest BCUT2D eigenvalue weighted by atomic mass is 16.2. The zero-order valence-electron chi connectivity index (χ0n) is 15.7. The molecule has 0 radical (unpaired) electrons. The number of benzene rings is 1. The zero-order valence-corrected chi connectivity index (χ0v) is 15.7. The largest absolute Gasteiger partial charge is 0.349 e. The molecule has 27 heavy (non-hydrogen) atoms. The summed E-state index contributed by atoms with van der Waals surface area (Å²) >= 11 is 0. The quantitative estimate of drug-likeness (QED) is 0.848. The third-order valence-electron chi connectivity index (χ3n) is 4.73. The summed E-state index contributed by atoms with van der Waals surface area (Å²) < 4.78 is 0. The fraction of sp³-hybridized carbons (Fsp3) is 0.381. The molecule has 0 spiro atoms. The van der Waals surface area contributed by atoms with E-state index in [4.69, 9.17) is 0 Å². The highest BCUT2D eigenvalue weighted by molar-refractivity contribution is 5.94. The van der Waals surface area contributed by atoms with Crippen LogP contribution in [-0.2, 0) is 11.3 Å². The van der Waals surface area contributed by atoms with Gasteiger partial charge in [-0.25, -0.2) is 0 Å². The Kier molecular flexibility index (Phi) is 6.54. The van der Waals surface area contributed by atoms with Crippen LogP contribution in [0.5, 0.6) is 0 Å². The second-order valence-electron chi connectivity index (χ2n) is 6.92. The number of nitrogens with zero attached hydrogens (tertiary/aromatic N) is 3. The van der Waals surface area contributed by atoms with Gasteiger partial charge in [0.25, 0.3) is 5.91 Å². The summed E-state index contributed by atoms with van der Waals surface area (Å²) in [6.45, 7) is 5.79. The molecule has 1 atom stereocenters. The third-order valence-corrected chi connectivity index (χ3v) is 4.73. The van der Waals surface area contributed by atoms with Crippen molar-refractivity contribution in [2.75, 3.05) is 26.2 Å². The first-order chi connectivity index (χ1) is 13.1. The monoisotopic (exact) mass is 366 g/mol. The number of hydrogen-bond donors (Lipinski definition) is 1. The average molecular weight is 366 g/mol. The lowest BCUT2D eigenvalue weighted by atomic mass is 10.1. The van der Waals surface area contributed by atoms with Crippen molar-refractivity contribution in [3.8, 4) is 0 Å². The molecule has 0 aliphatic carbocycles. The van der Waals surface area contributed by atoms with Gasteiger partial charge in [0.1, 0.15) is 0 Å². The molecule has 2 heterocycles. The summed E-state index contributed by atoms with van der Waals surface area (Å²) in [5.74, 6) is -0.0515. The van der Waals surface area contributed by atoms with E-state index in [1.165, 1.54) is 0 Å². The molecule has 1 N–H and O–H groups in total. The van der Waals surface area contributed by atoms with Crippen LogP contribution in [0.1, 0.15) is 29.4 Å². The molecule has 1 fully saturated rings. The molecule has 1 aromatic heterocycles. The molecule has 1 aliphatic heterocycles. The Morgan fingerprint density at radius 3 is 2.41 bits per heavy atom. The predicted molar refractivity (Wildman–Crippen MR) is 104 cm³/mol. The number of hydrogen-bond acceptors (Lipinski definition) is 4. The van der Waals surface area contributed by atoms with Gasteiger partial charge in [0.15, 0.2) is 0 Å². The lowest BCUT2D eigenvalue weighted by molar-refractivity contribution is -0.133. The van der Waals surface area contributed by atoms with Crippen LogP contribution in [0.2, 0.25) is 0 Å². The summed E-state index contributed by atoms with van der Waals surface area (Å²) in [6.07, 6.45) is 2.12. The Bertz CT molecular complexity index is 743. The number of nitrogens with one attached hydrogen (secondary N) is 1. The minimum Gasteiger partial charge on any atom is -0.349 e. The normalized spacial score (nSPS) is 16.0. The van der Waals surface area contributed by atoms with Gasteiger partial charge in [0, 0.05) is 56.9 Å². The van der Waals surface area contributed by atoms with E-state index in [0.29, 0.717) is 25.1 Å². The van der Waals surface area contributed by atoms with Crippen LogP contribution >= 0.6 is 0 Å². The Labute approximate surface area is 160 Å². The molecule has 2 amide bonds. The molecule has 1 saturated heterocycles. The summed E-state index contributed by atoms with van der Waals surface area (Å²) in [5, 5.41) is 2.90. The Balaban J connectivity index is 1.42. The van der Waals surface area contributed by atoms with E-state index in [9.17, 15) is 9.59 Å². The third kappa shape index (κ3) is 5.62. The second-order valence-corrected chi connectivity index (χ2v) is 6.92. The number of pyridine rings is 1. The van der Waals surface area contributed by atoms with Gasteiger partial charge >= 0.3 is 0 Å². The van der Waals surface area contributed by atoms with E-state index < -0.39 is 0 Å². The number of carbonyl (C=O) groups excluding carboxylic acids is 2. The van der Waals surface area contributed by atoms with Gasteiger partial charge in [-0.15, -0.1) is 0 Å². The maximum atomic E-state index is 12.5. The molecule has 2 aromatic rings. The van der Waals surface area contributed by atoms with Crippen LogP contribution in [-0.4, -0.2) is 58.8 Å². The van der Waals surface area contributed by atoms with Crippen molar-refractivity contribution in [2.45, 2.75) is 25.9 Å². The van der Waals surface area contributed by atoms with Gasteiger partial charge in [-0.2, -0.15) is 0 Å². The predicted octanol–water partition coefficient (Wildman–Crippen LogP) is 1.93. The molecular formula is C21H26N4O2. The first kappa shape index (κ1) is 19.0. The van der Waals surface area contributed by atoms with Crippen LogP contribution < -0.4 is 5.32 Å². The number of piperazine rings is 1. The molecule has 3 rings (SSSR count). The molecule has 1 aliphatic rings. The highest BCUT2D eigenvalue weighted by Gasteiger charge is 2.23. The number of aromatic nitrogens is 1. The fourth-order valence-electron chi connectivity index (χ4n) is 3.21. The van der Waals surface area contributed by atoms with Gasteiger partial charge in [0.05, 0.1) is 5.69 Å². The molecule has 142 valence electrons. The molecular weight excluding hydrogens is 340 g/mol. The van der Waals surface area contributed by atoms with Crippen LogP contribution in [0.3, 0.4) is 0 Å². The SMILES string of the molecule is CC(CC(=O)N1CCN(Cc2ccccn2)CC1)NC(=O)c1ccccc1. The topological polar surface area (TPSA) is 65.5 Å². The standard InChI is InChI=1S/C21H26N4O2/c1-17(23-21(27)18-7-3-2-4-8-18)15-20(26)25-13-11-24(12-14-25)16-19-9-5-6-10-22-19/h2-10,17H,11-16H2,1H3,(H,23,27). The molecule has 0 saturated carbocycles. The lowest BCUT2D eigenvalue weighted by Gasteiger charge is -2.35. The number of rotatable bonds is 6. The smallest absolute Gasteiger partial charge is 0.251 e. The van der Waals surface area contributed by atoms with Gasteiger partial charge in [0.2, 0.25) is 5.91 Å². The van der Waals surface area contributed by atoms with Crippen LogP contribution in [0.4, 0.5) is 0 Å². The fourth-order valence-corrected chi connectivity index (χ4v) is 3.21. The average Bonchev–Trinajstić information content (AvgIpc) is 2.70. The Morgan fingerprint density at radius 2 is 1.74 bits per heavy atom.